The van der Waals surface area contributed by atoms with Crippen LogP contribution in [-0.4, -0.2) is 48.0 Å². The summed E-state index contributed by atoms with van der Waals surface area (Å²) in [7, 11) is -2.24. The van der Waals surface area contributed by atoms with Gasteiger partial charge >= 0.3 is 0 Å². The molecule has 1 aromatic carbocycles. The smallest absolute Gasteiger partial charge is 0.238 e. The number of amides is 1. The molecule has 0 saturated carbocycles. The van der Waals surface area contributed by atoms with E-state index in [1.54, 1.807) is 25.2 Å². The number of nitrogens with one attached hydrogen (secondary N) is 1. The Morgan fingerprint density at radius 3 is 2.71 bits per heavy atom. The van der Waals surface area contributed by atoms with Crippen LogP contribution < -0.4 is 5.73 Å². The van der Waals surface area contributed by atoms with Gasteiger partial charge in [0.2, 0.25) is 20.9 Å². The number of sulfone groups is 1. The third-order valence-corrected chi connectivity index (χ3v) is 4.67. The van der Waals surface area contributed by atoms with E-state index in [4.69, 9.17) is 5.73 Å². The average molecular weight is 310 g/mol. The summed E-state index contributed by atoms with van der Waals surface area (Å²) in [6, 6.07) is 4.80. The second-order valence-corrected chi connectivity index (χ2v) is 7.08. The number of carbonyl (C=O) groups excluding carboxylic acids is 1. The summed E-state index contributed by atoms with van der Waals surface area (Å²) in [4.78, 5) is 20.0. The van der Waals surface area contributed by atoms with Gasteiger partial charge in [0.15, 0.2) is 0 Å². The number of fused-ring (bicyclic) bond motifs is 1. The molecule has 0 aliphatic carbocycles. The number of nitrogens with zero attached hydrogens (tertiary/aromatic N) is 2. The number of imidazole rings is 1. The zero-order valence-electron chi connectivity index (χ0n) is 12.1. The number of aromatic nitrogens is 2. The van der Waals surface area contributed by atoms with Crippen LogP contribution in [-0.2, 0) is 14.6 Å². The molecular formula is C13H18N4O3S. The van der Waals surface area contributed by atoms with Gasteiger partial charge in [0.05, 0.1) is 11.0 Å². The van der Waals surface area contributed by atoms with E-state index in [0.717, 1.165) is 0 Å². The van der Waals surface area contributed by atoms with Crippen molar-refractivity contribution in [3.05, 3.63) is 18.2 Å². The lowest BCUT2D eigenvalue weighted by atomic mass is 10.3. The molecule has 0 bridgehead atoms. The van der Waals surface area contributed by atoms with Crippen LogP contribution in [0, 0.1) is 0 Å². The lowest BCUT2D eigenvalue weighted by Gasteiger charge is -2.20. The van der Waals surface area contributed by atoms with E-state index in [9.17, 15) is 13.2 Å². The SMILES string of the molecule is CC(C)N(C)C(=O)CS(=O)(=O)c1nc2ccc(N)cc2[nH]1. The predicted molar refractivity (Wildman–Crippen MR) is 80.5 cm³/mol. The third-order valence-electron chi connectivity index (χ3n) is 3.26. The van der Waals surface area contributed by atoms with E-state index in [1.807, 2.05) is 13.8 Å². The molecule has 114 valence electrons. The van der Waals surface area contributed by atoms with E-state index in [1.165, 1.54) is 4.90 Å². The van der Waals surface area contributed by atoms with Crippen molar-refractivity contribution in [1.82, 2.24) is 14.9 Å². The Kier molecular flexibility index (Phi) is 3.91. The van der Waals surface area contributed by atoms with E-state index in [2.05, 4.69) is 9.97 Å². The van der Waals surface area contributed by atoms with E-state index >= 15 is 0 Å². The van der Waals surface area contributed by atoms with Gasteiger partial charge in [-0.3, -0.25) is 4.79 Å². The average Bonchev–Trinajstić information content (AvgIpc) is 2.80. The van der Waals surface area contributed by atoms with Gasteiger partial charge in [0.1, 0.15) is 5.75 Å². The molecule has 0 fully saturated rings. The van der Waals surface area contributed by atoms with E-state index < -0.39 is 21.5 Å². The summed E-state index contributed by atoms with van der Waals surface area (Å²) in [5.74, 6) is -1.08. The maximum Gasteiger partial charge on any atom is 0.238 e. The minimum absolute atomic E-state index is 0.0665. The Labute approximate surface area is 123 Å². The minimum atomic E-state index is -3.81. The highest BCUT2D eigenvalue weighted by Gasteiger charge is 2.25. The van der Waals surface area contributed by atoms with Crippen molar-refractivity contribution in [2.45, 2.75) is 25.0 Å². The largest absolute Gasteiger partial charge is 0.399 e. The number of aromatic amines is 1. The molecule has 0 unspecified atom stereocenters. The van der Waals surface area contributed by atoms with Gasteiger partial charge in [-0.05, 0) is 32.0 Å². The maximum absolute atomic E-state index is 12.3. The van der Waals surface area contributed by atoms with Crippen molar-refractivity contribution in [1.29, 1.82) is 0 Å². The van der Waals surface area contributed by atoms with Crippen molar-refractivity contribution in [2.75, 3.05) is 18.5 Å². The molecule has 0 saturated heterocycles. The second-order valence-electron chi connectivity index (χ2n) is 5.18. The van der Waals surface area contributed by atoms with Gasteiger partial charge in [0, 0.05) is 18.8 Å². The number of nitrogen functional groups attached to an aromatic ring is 1. The fourth-order valence-electron chi connectivity index (χ4n) is 1.77. The van der Waals surface area contributed by atoms with Crippen LogP contribution in [0.15, 0.2) is 23.4 Å². The number of hydrogen-bond acceptors (Lipinski definition) is 5. The molecule has 21 heavy (non-hydrogen) atoms. The quantitative estimate of drug-likeness (QED) is 0.811. The molecule has 0 aliphatic heterocycles. The first-order chi connectivity index (χ1) is 9.70. The lowest BCUT2D eigenvalue weighted by molar-refractivity contribution is -0.128. The zero-order valence-corrected chi connectivity index (χ0v) is 12.9. The summed E-state index contributed by atoms with van der Waals surface area (Å²) in [6.45, 7) is 3.63. The van der Waals surface area contributed by atoms with Gasteiger partial charge in [-0.25, -0.2) is 13.4 Å². The first-order valence-electron chi connectivity index (χ1n) is 6.44. The van der Waals surface area contributed by atoms with Crippen molar-refractivity contribution in [3.8, 4) is 0 Å². The van der Waals surface area contributed by atoms with Crippen molar-refractivity contribution >= 4 is 32.5 Å². The van der Waals surface area contributed by atoms with Gasteiger partial charge in [-0.2, -0.15) is 0 Å². The molecule has 2 aromatic rings. The Hall–Kier alpha value is -2.09. The standard InChI is InChI=1S/C13H18N4O3S/c1-8(2)17(3)12(18)7-21(19,20)13-15-10-5-4-9(14)6-11(10)16-13/h4-6,8H,7,14H2,1-3H3,(H,15,16). The third kappa shape index (κ3) is 3.15. The fourth-order valence-corrected chi connectivity index (χ4v) is 2.94. The Bertz CT molecular complexity index is 780. The molecule has 0 atom stereocenters. The molecular weight excluding hydrogens is 292 g/mol. The molecule has 0 radical (unpaired) electrons. The summed E-state index contributed by atoms with van der Waals surface area (Å²) in [5, 5.41) is -0.214. The normalized spacial score (nSPS) is 12.0. The van der Waals surface area contributed by atoms with Gasteiger partial charge in [-0.15, -0.1) is 0 Å². The zero-order chi connectivity index (χ0) is 15.8. The van der Waals surface area contributed by atoms with Crippen LogP contribution in [0.25, 0.3) is 11.0 Å². The molecule has 0 spiro atoms. The van der Waals surface area contributed by atoms with Crippen molar-refractivity contribution in [2.24, 2.45) is 0 Å². The van der Waals surface area contributed by atoms with Crippen molar-refractivity contribution in [3.63, 3.8) is 0 Å². The summed E-state index contributed by atoms with van der Waals surface area (Å²) in [5.41, 5.74) is 7.16. The van der Waals surface area contributed by atoms with Gasteiger partial charge in [0.25, 0.3) is 0 Å². The molecule has 7 nitrogen and oxygen atoms in total. The Morgan fingerprint density at radius 2 is 2.10 bits per heavy atom. The highest BCUT2D eigenvalue weighted by Crippen LogP contribution is 2.18. The molecule has 8 heteroatoms. The monoisotopic (exact) mass is 310 g/mol. The molecule has 1 heterocycles. The number of anilines is 1. The van der Waals surface area contributed by atoms with Crippen LogP contribution in [0.3, 0.4) is 0 Å². The first kappa shape index (κ1) is 15.3. The number of carbonyl (C=O) groups is 1. The molecule has 2 rings (SSSR count). The van der Waals surface area contributed by atoms with E-state index in [-0.39, 0.29) is 11.2 Å². The molecule has 0 aliphatic rings. The first-order valence-corrected chi connectivity index (χ1v) is 8.09. The molecule has 3 N–H and O–H groups in total. The predicted octanol–water partition coefficient (Wildman–Crippen LogP) is 0.786. The highest BCUT2D eigenvalue weighted by atomic mass is 32.2. The summed E-state index contributed by atoms with van der Waals surface area (Å²) >= 11 is 0. The number of hydrogen-bond donors (Lipinski definition) is 2. The summed E-state index contributed by atoms with van der Waals surface area (Å²) in [6.07, 6.45) is 0. The maximum atomic E-state index is 12.3. The number of benzene rings is 1. The fraction of sp³-hybridized carbons (Fsp3) is 0.385. The lowest BCUT2D eigenvalue weighted by Crippen LogP contribution is -2.37. The van der Waals surface area contributed by atoms with Crippen molar-refractivity contribution < 1.29 is 13.2 Å². The Balaban J connectivity index is 2.31. The van der Waals surface area contributed by atoms with Gasteiger partial charge in [-0.1, -0.05) is 0 Å². The van der Waals surface area contributed by atoms with E-state index in [0.29, 0.717) is 16.7 Å². The van der Waals surface area contributed by atoms with Crippen LogP contribution in [0.5, 0.6) is 0 Å². The second kappa shape index (κ2) is 5.36. The van der Waals surface area contributed by atoms with Crippen LogP contribution in [0.1, 0.15) is 13.8 Å². The van der Waals surface area contributed by atoms with Crippen LogP contribution in [0.4, 0.5) is 5.69 Å². The van der Waals surface area contributed by atoms with Crippen LogP contribution in [0.2, 0.25) is 0 Å². The number of nitrogens with two attached hydrogens (primary N) is 1. The topological polar surface area (TPSA) is 109 Å². The minimum Gasteiger partial charge on any atom is -0.399 e. The van der Waals surface area contributed by atoms with Crippen LogP contribution >= 0.6 is 0 Å². The highest BCUT2D eigenvalue weighted by molar-refractivity contribution is 7.91. The molecule has 1 aromatic heterocycles. The number of rotatable bonds is 4. The number of H-pyrrole nitrogens is 1. The summed E-state index contributed by atoms with van der Waals surface area (Å²) < 4.78 is 24.5. The van der Waals surface area contributed by atoms with Gasteiger partial charge < -0.3 is 15.6 Å². The molecule has 1 amide bonds. The Morgan fingerprint density at radius 1 is 1.43 bits per heavy atom.